The average Bonchev–Trinajstić information content (AvgIpc) is 3.55. The average molecular weight is 680 g/mol. The van der Waals surface area contributed by atoms with Crippen LogP contribution in [0.1, 0.15) is 58.2 Å². The molecule has 1 fully saturated rings. The van der Waals surface area contributed by atoms with Crippen LogP contribution in [0.5, 0.6) is 5.75 Å². The minimum absolute atomic E-state index is 0.156. The Balaban J connectivity index is 1.45. The van der Waals surface area contributed by atoms with Crippen molar-refractivity contribution in [2.24, 2.45) is 5.92 Å². The monoisotopic (exact) mass is 679 g/mol. The van der Waals surface area contributed by atoms with Crippen molar-refractivity contribution in [2.75, 3.05) is 24.8 Å². The normalized spacial score (nSPS) is 17.7. The van der Waals surface area contributed by atoms with Crippen molar-refractivity contribution in [2.45, 2.75) is 84.3 Å². The fourth-order valence-electron chi connectivity index (χ4n) is 5.66. The van der Waals surface area contributed by atoms with E-state index in [1.165, 1.54) is 16.7 Å². The standard InChI is InChI=1S/C36H49N5O6S/c1-7-40-17-16-26-25(19-40)14-11-15-29(26)47-20-30(42)38-31(23(2)3)34(45)37-27(18-24-12-9-8-10-13-24)32(43)35(46)41-22-48-21-28(41)33(44)39-36(4,5)6/h8-17,23,27-28,31-32,43H,7,18-22H2,1-6H3,(H,37,45)(H,38,42)(H,39,44)/t27-,28-,31-,32-/m0/s1. The maximum atomic E-state index is 13.7. The molecule has 0 spiro atoms. The smallest absolute Gasteiger partial charge is 0.258 e. The third-order valence-corrected chi connectivity index (χ3v) is 9.25. The fraction of sp³-hybridized carbons (Fsp3) is 0.500. The predicted octanol–water partition coefficient (Wildman–Crippen LogP) is 2.92. The fourth-order valence-corrected chi connectivity index (χ4v) is 6.82. The zero-order valence-electron chi connectivity index (χ0n) is 28.7. The van der Waals surface area contributed by atoms with Gasteiger partial charge >= 0.3 is 0 Å². The van der Waals surface area contributed by atoms with Gasteiger partial charge in [-0.25, -0.2) is 0 Å². The molecule has 0 aliphatic carbocycles. The van der Waals surface area contributed by atoms with Crippen molar-refractivity contribution in [1.29, 1.82) is 0 Å². The van der Waals surface area contributed by atoms with Crippen molar-refractivity contribution in [3.8, 4) is 5.75 Å². The van der Waals surface area contributed by atoms with E-state index >= 15 is 0 Å². The van der Waals surface area contributed by atoms with Crippen molar-refractivity contribution in [3.63, 3.8) is 0 Å². The zero-order chi connectivity index (χ0) is 35.0. The Kier molecular flexibility index (Phi) is 12.6. The summed E-state index contributed by atoms with van der Waals surface area (Å²) in [6.07, 6.45) is 2.50. The number of thioether (sulfide) groups is 1. The first-order valence-electron chi connectivity index (χ1n) is 16.5. The van der Waals surface area contributed by atoms with Crippen LogP contribution in [0.25, 0.3) is 6.08 Å². The van der Waals surface area contributed by atoms with Gasteiger partial charge in [-0.2, -0.15) is 0 Å². The van der Waals surface area contributed by atoms with E-state index in [9.17, 15) is 24.3 Å². The molecular weight excluding hydrogens is 630 g/mol. The number of nitrogens with zero attached hydrogens (tertiary/aromatic N) is 2. The summed E-state index contributed by atoms with van der Waals surface area (Å²) in [6.45, 7) is 12.6. The molecule has 2 aliphatic rings. The molecule has 0 unspecified atom stereocenters. The predicted molar refractivity (Wildman–Crippen MR) is 188 cm³/mol. The number of fused-ring (bicyclic) bond motifs is 1. The van der Waals surface area contributed by atoms with Gasteiger partial charge in [0.25, 0.3) is 11.8 Å². The molecule has 4 N–H and O–H groups in total. The van der Waals surface area contributed by atoms with Crippen LogP contribution in [0.4, 0.5) is 0 Å². The Hall–Kier alpha value is -4.03. The van der Waals surface area contributed by atoms with Gasteiger partial charge in [-0.3, -0.25) is 19.2 Å². The lowest BCUT2D eigenvalue weighted by Crippen LogP contribution is -2.60. The van der Waals surface area contributed by atoms with Crippen LogP contribution < -0.4 is 20.7 Å². The van der Waals surface area contributed by atoms with Crippen LogP contribution in [-0.4, -0.2) is 93.1 Å². The number of amides is 4. The molecule has 0 radical (unpaired) electrons. The number of hydrogen-bond donors (Lipinski definition) is 4. The summed E-state index contributed by atoms with van der Waals surface area (Å²) < 4.78 is 5.90. The summed E-state index contributed by atoms with van der Waals surface area (Å²) in [5.41, 5.74) is 2.33. The quantitative estimate of drug-likeness (QED) is 0.254. The third-order valence-electron chi connectivity index (χ3n) is 8.24. The van der Waals surface area contributed by atoms with E-state index in [0.717, 1.165) is 29.8 Å². The number of ether oxygens (including phenoxy) is 1. The van der Waals surface area contributed by atoms with Crippen molar-refractivity contribution in [1.82, 2.24) is 25.8 Å². The summed E-state index contributed by atoms with van der Waals surface area (Å²) >= 11 is 1.43. The zero-order valence-corrected chi connectivity index (χ0v) is 29.5. The molecule has 12 heteroatoms. The number of benzene rings is 2. The van der Waals surface area contributed by atoms with E-state index in [1.54, 1.807) is 13.8 Å². The van der Waals surface area contributed by atoms with E-state index in [1.807, 2.05) is 81.6 Å². The van der Waals surface area contributed by atoms with Crippen LogP contribution in [0.3, 0.4) is 0 Å². The first-order chi connectivity index (χ1) is 22.8. The molecule has 4 rings (SSSR count). The van der Waals surface area contributed by atoms with Crippen LogP contribution in [0, 0.1) is 5.92 Å². The first kappa shape index (κ1) is 36.8. The molecule has 4 atom stereocenters. The van der Waals surface area contributed by atoms with Gasteiger partial charge in [0.1, 0.15) is 17.8 Å². The number of rotatable bonds is 13. The second-order valence-electron chi connectivity index (χ2n) is 13.6. The van der Waals surface area contributed by atoms with Crippen LogP contribution >= 0.6 is 11.8 Å². The highest BCUT2D eigenvalue weighted by Gasteiger charge is 2.41. The number of nitrogens with one attached hydrogen (secondary N) is 3. The lowest BCUT2D eigenvalue weighted by molar-refractivity contribution is -0.147. The van der Waals surface area contributed by atoms with Crippen LogP contribution in [-0.2, 0) is 32.1 Å². The van der Waals surface area contributed by atoms with Gasteiger partial charge in [-0.1, -0.05) is 56.3 Å². The summed E-state index contributed by atoms with van der Waals surface area (Å²) in [7, 11) is 0. The maximum absolute atomic E-state index is 13.7. The maximum Gasteiger partial charge on any atom is 0.258 e. The number of carbonyl (C=O) groups is 4. The van der Waals surface area contributed by atoms with Gasteiger partial charge in [-0.05, 0) is 63.3 Å². The molecule has 2 aliphatic heterocycles. The van der Waals surface area contributed by atoms with Crippen molar-refractivity contribution in [3.05, 3.63) is 71.4 Å². The van der Waals surface area contributed by atoms with Gasteiger partial charge < -0.3 is 35.6 Å². The summed E-state index contributed by atoms with van der Waals surface area (Å²) in [6, 6.07) is 12.2. The minimum atomic E-state index is -1.63. The molecule has 48 heavy (non-hydrogen) atoms. The second kappa shape index (κ2) is 16.4. The Morgan fingerprint density at radius 2 is 1.77 bits per heavy atom. The molecule has 260 valence electrons. The lowest BCUT2D eigenvalue weighted by atomic mass is 9.97. The molecule has 0 aromatic heterocycles. The number of carbonyl (C=O) groups excluding carboxylic acids is 4. The van der Waals surface area contributed by atoms with Gasteiger partial charge in [0, 0.05) is 36.1 Å². The van der Waals surface area contributed by atoms with E-state index in [4.69, 9.17) is 4.74 Å². The summed E-state index contributed by atoms with van der Waals surface area (Å²) in [5, 5.41) is 20.0. The molecule has 11 nitrogen and oxygen atoms in total. The first-order valence-corrected chi connectivity index (χ1v) is 17.6. The highest BCUT2D eigenvalue weighted by Crippen LogP contribution is 2.29. The van der Waals surface area contributed by atoms with E-state index in [-0.39, 0.29) is 30.7 Å². The third kappa shape index (κ3) is 9.76. The van der Waals surface area contributed by atoms with Gasteiger partial charge in [0.15, 0.2) is 12.7 Å². The van der Waals surface area contributed by atoms with E-state index in [0.29, 0.717) is 11.5 Å². The van der Waals surface area contributed by atoms with Gasteiger partial charge in [0.2, 0.25) is 11.8 Å². The molecule has 0 saturated carbocycles. The van der Waals surface area contributed by atoms with E-state index in [2.05, 4.69) is 27.8 Å². The van der Waals surface area contributed by atoms with Crippen LogP contribution in [0.2, 0.25) is 0 Å². The molecule has 1 saturated heterocycles. The van der Waals surface area contributed by atoms with Crippen molar-refractivity contribution >= 4 is 41.5 Å². The molecule has 2 aromatic rings. The SMILES string of the molecule is CCN1C=Cc2c(cccc2OCC(=O)N[C@H](C(=O)N[C@@H](Cc2ccccc2)[C@H](O)C(=O)N2CSC[C@H]2C(=O)NC(C)(C)C)C(C)C)C1. The Bertz CT molecular complexity index is 1480. The summed E-state index contributed by atoms with van der Waals surface area (Å²) in [5.74, 6) is -1.04. The highest BCUT2D eigenvalue weighted by atomic mass is 32.2. The second-order valence-corrected chi connectivity index (χ2v) is 14.6. The Morgan fingerprint density at radius 1 is 1.04 bits per heavy atom. The number of aliphatic hydroxyl groups excluding tert-OH is 1. The van der Waals surface area contributed by atoms with Crippen molar-refractivity contribution < 1.29 is 29.0 Å². The van der Waals surface area contributed by atoms with Gasteiger partial charge in [0.05, 0.1) is 11.9 Å². The van der Waals surface area contributed by atoms with E-state index < -0.39 is 47.5 Å². The summed E-state index contributed by atoms with van der Waals surface area (Å²) in [4.78, 5) is 57.1. The van der Waals surface area contributed by atoms with Gasteiger partial charge in [-0.15, -0.1) is 11.8 Å². The largest absolute Gasteiger partial charge is 0.483 e. The Morgan fingerprint density at radius 3 is 2.44 bits per heavy atom. The minimum Gasteiger partial charge on any atom is -0.483 e. The molecule has 0 bridgehead atoms. The molecule has 4 amide bonds. The Labute approximate surface area is 287 Å². The molecule has 2 aromatic carbocycles. The van der Waals surface area contributed by atoms with Crippen LogP contribution in [0.15, 0.2) is 54.7 Å². The number of hydrogen-bond acceptors (Lipinski definition) is 8. The topological polar surface area (TPSA) is 140 Å². The highest BCUT2D eigenvalue weighted by molar-refractivity contribution is 7.99. The molecule has 2 heterocycles. The number of aliphatic hydroxyl groups is 1. The lowest BCUT2D eigenvalue weighted by Gasteiger charge is -2.32. The molecular formula is C36H49N5O6S.